The van der Waals surface area contributed by atoms with Gasteiger partial charge in [0.25, 0.3) is 0 Å². The average Bonchev–Trinajstić information content (AvgIpc) is 3.02. The minimum Gasteiger partial charge on any atom is -0.303 e. The monoisotopic (exact) mass is 336 g/mol. The van der Waals surface area contributed by atoms with E-state index in [-0.39, 0.29) is 6.04 Å². The van der Waals surface area contributed by atoms with E-state index in [0.29, 0.717) is 10.8 Å². The van der Waals surface area contributed by atoms with Gasteiger partial charge in [-0.05, 0) is 63.7 Å². The van der Waals surface area contributed by atoms with Crippen molar-refractivity contribution in [2.45, 2.75) is 56.4 Å². The quantitative estimate of drug-likeness (QED) is 0.899. The van der Waals surface area contributed by atoms with E-state index in [1.54, 1.807) is 12.1 Å². The van der Waals surface area contributed by atoms with Gasteiger partial charge in [0.1, 0.15) is 0 Å². The van der Waals surface area contributed by atoms with Crippen LogP contribution in [-0.4, -0.2) is 39.0 Å². The van der Waals surface area contributed by atoms with Crippen molar-refractivity contribution in [3.63, 3.8) is 0 Å². The second kappa shape index (κ2) is 7.32. The Hall–Kier alpha value is -0.910. The Balaban J connectivity index is 1.69. The van der Waals surface area contributed by atoms with Gasteiger partial charge >= 0.3 is 0 Å². The van der Waals surface area contributed by atoms with Crippen molar-refractivity contribution in [1.82, 2.24) is 9.62 Å². The Labute approximate surface area is 140 Å². The third-order valence-electron chi connectivity index (χ3n) is 5.24. The highest BCUT2D eigenvalue weighted by molar-refractivity contribution is 7.89. The number of rotatable bonds is 5. The van der Waals surface area contributed by atoms with E-state index in [9.17, 15) is 8.42 Å². The summed E-state index contributed by atoms with van der Waals surface area (Å²) in [4.78, 5) is 2.89. The summed E-state index contributed by atoms with van der Waals surface area (Å²) in [5.74, 6) is 0.446. The number of benzene rings is 1. The van der Waals surface area contributed by atoms with Crippen LogP contribution in [0.25, 0.3) is 0 Å². The number of nitrogens with one attached hydrogen (secondary N) is 1. The van der Waals surface area contributed by atoms with Crippen LogP contribution in [0.4, 0.5) is 0 Å². The number of hydrogen-bond acceptors (Lipinski definition) is 3. The first-order chi connectivity index (χ1) is 11.0. The molecule has 128 valence electrons. The third-order valence-corrected chi connectivity index (χ3v) is 6.74. The SMILES string of the molecule is Cc1ccc(S(=O)(=O)N[C@H]2CCCC[C@H]2CN2CCCC2)cc1. The van der Waals surface area contributed by atoms with Crippen molar-refractivity contribution in [2.24, 2.45) is 5.92 Å². The number of sulfonamides is 1. The fourth-order valence-corrected chi connectivity index (χ4v) is 5.20. The summed E-state index contributed by atoms with van der Waals surface area (Å²) in [6, 6.07) is 7.20. The zero-order valence-corrected chi connectivity index (χ0v) is 14.8. The molecule has 0 unspecified atom stereocenters. The summed E-state index contributed by atoms with van der Waals surface area (Å²) in [6.45, 7) is 5.36. The number of hydrogen-bond donors (Lipinski definition) is 1. The molecule has 1 aliphatic carbocycles. The lowest BCUT2D eigenvalue weighted by atomic mass is 9.85. The lowest BCUT2D eigenvalue weighted by Gasteiger charge is -2.34. The van der Waals surface area contributed by atoms with E-state index in [2.05, 4.69) is 9.62 Å². The second-order valence-corrected chi connectivity index (χ2v) is 8.81. The number of nitrogens with zero attached hydrogens (tertiary/aromatic N) is 1. The van der Waals surface area contributed by atoms with Crippen LogP contribution in [-0.2, 0) is 10.0 Å². The summed E-state index contributed by atoms with van der Waals surface area (Å²) < 4.78 is 28.3. The molecule has 1 aromatic rings. The molecule has 5 heteroatoms. The predicted molar refractivity (Wildman–Crippen MR) is 92.9 cm³/mol. The maximum Gasteiger partial charge on any atom is 0.240 e. The van der Waals surface area contributed by atoms with E-state index in [1.165, 1.54) is 32.4 Å². The Kier molecular flexibility index (Phi) is 5.39. The summed E-state index contributed by atoms with van der Waals surface area (Å²) in [7, 11) is -3.41. The van der Waals surface area contributed by atoms with Gasteiger partial charge < -0.3 is 4.90 Å². The van der Waals surface area contributed by atoms with Gasteiger partial charge in [0, 0.05) is 12.6 Å². The molecule has 0 radical (unpaired) electrons. The highest BCUT2D eigenvalue weighted by Gasteiger charge is 2.31. The first-order valence-electron chi connectivity index (χ1n) is 8.86. The molecule has 3 rings (SSSR count). The van der Waals surface area contributed by atoms with Gasteiger partial charge in [-0.2, -0.15) is 0 Å². The van der Waals surface area contributed by atoms with E-state index in [0.717, 1.165) is 31.4 Å². The largest absolute Gasteiger partial charge is 0.303 e. The Morgan fingerprint density at radius 2 is 1.70 bits per heavy atom. The van der Waals surface area contributed by atoms with Gasteiger partial charge in [0.15, 0.2) is 0 Å². The van der Waals surface area contributed by atoms with Crippen molar-refractivity contribution in [3.8, 4) is 0 Å². The molecule has 1 aromatic carbocycles. The third kappa shape index (κ3) is 4.34. The first-order valence-corrected chi connectivity index (χ1v) is 10.3. The lowest BCUT2D eigenvalue weighted by molar-refractivity contribution is 0.202. The maximum atomic E-state index is 12.7. The molecular weight excluding hydrogens is 308 g/mol. The van der Waals surface area contributed by atoms with Crippen molar-refractivity contribution >= 4 is 10.0 Å². The molecule has 1 N–H and O–H groups in total. The smallest absolute Gasteiger partial charge is 0.240 e. The topological polar surface area (TPSA) is 49.4 Å². The molecular formula is C18H28N2O2S. The van der Waals surface area contributed by atoms with Gasteiger partial charge in [0.2, 0.25) is 10.0 Å². The summed E-state index contributed by atoms with van der Waals surface area (Å²) >= 11 is 0. The molecule has 1 aliphatic heterocycles. The highest BCUT2D eigenvalue weighted by Crippen LogP contribution is 2.28. The zero-order chi connectivity index (χ0) is 16.3. The van der Waals surface area contributed by atoms with E-state index < -0.39 is 10.0 Å². The van der Waals surface area contributed by atoms with Crippen LogP contribution in [0.2, 0.25) is 0 Å². The number of likely N-dealkylation sites (tertiary alicyclic amines) is 1. The van der Waals surface area contributed by atoms with Crippen LogP contribution >= 0.6 is 0 Å². The molecule has 0 bridgehead atoms. The average molecular weight is 337 g/mol. The minimum absolute atomic E-state index is 0.0793. The molecule has 1 saturated carbocycles. The van der Waals surface area contributed by atoms with Crippen LogP contribution in [0.1, 0.15) is 44.1 Å². The van der Waals surface area contributed by atoms with Gasteiger partial charge in [-0.3, -0.25) is 0 Å². The van der Waals surface area contributed by atoms with Crippen LogP contribution in [0, 0.1) is 12.8 Å². The van der Waals surface area contributed by atoms with Crippen LogP contribution in [0.3, 0.4) is 0 Å². The fraction of sp³-hybridized carbons (Fsp3) is 0.667. The Morgan fingerprint density at radius 1 is 1.04 bits per heavy atom. The molecule has 0 aromatic heterocycles. The normalized spacial score (nSPS) is 26.5. The maximum absolute atomic E-state index is 12.7. The van der Waals surface area contributed by atoms with Gasteiger partial charge in [0.05, 0.1) is 4.90 Å². The van der Waals surface area contributed by atoms with Gasteiger partial charge in [-0.1, -0.05) is 30.5 Å². The Morgan fingerprint density at radius 3 is 2.39 bits per heavy atom. The molecule has 1 saturated heterocycles. The molecule has 23 heavy (non-hydrogen) atoms. The fourth-order valence-electron chi connectivity index (χ4n) is 3.86. The molecule has 0 spiro atoms. The summed E-state index contributed by atoms with van der Waals surface area (Å²) in [5, 5.41) is 0. The van der Waals surface area contributed by atoms with Crippen molar-refractivity contribution < 1.29 is 8.42 Å². The lowest BCUT2D eigenvalue weighted by Crippen LogP contribution is -2.46. The Bertz CT molecular complexity index is 606. The van der Waals surface area contributed by atoms with Crippen LogP contribution < -0.4 is 4.72 Å². The van der Waals surface area contributed by atoms with Gasteiger partial charge in [-0.15, -0.1) is 0 Å². The van der Waals surface area contributed by atoms with Crippen LogP contribution in [0.15, 0.2) is 29.2 Å². The molecule has 4 nitrogen and oxygen atoms in total. The molecule has 2 fully saturated rings. The molecule has 1 heterocycles. The highest BCUT2D eigenvalue weighted by atomic mass is 32.2. The standard InChI is InChI=1S/C18H28N2O2S/c1-15-8-10-17(11-9-15)23(21,22)19-18-7-3-2-6-16(18)14-20-12-4-5-13-20/h8-11,16,18-19H,2-7,12-14H2,1H3/t16-,18-/m0/s1. The van der Waals surface area contributed by atoms with E-state index in [4.69, 9.17) is 0 Å². The first kappa shape index (κ1) is 16.9. The molecule has 2 atom stereocenters. The van der Waals surface area contributed by atoms with Crippen molar-refractivity contribution in [1.29, 1.82) is 0 Å². The molecule has 2 aliphatic rings. The van der Waals surface area contributed by atoms with E-state index in [1.807, 2.05) is 19.1 Å². The zero-order valence-electron chi connectivity index (χ0n) is 14.0. The van der Waals surface area contributed by atoms with Crippen molar-refractivity contribution in [3.05, 3.63) is 29.8 Å². The minimum atomic E-state index is -3.41. The summed E-state index contributed by atoms with van der Waals surface area (Å²) in [5.41, 5.74) is 1.08. The van der Waals surface area contributed by atoms with Crippen molar-refractivity contribution in [2.75, 3.05) is 19.6 Å². The second-order valence-electron chi connectivity index (χ2n) is 7.09. The van der Waals surface area contributed by atoms with E-state index >= 15 is 0 Å². The van der Waals surface area contributed by atoms with Crippen LogP contribution in [0.5, 0.6) is 0 Å². The predicted octanol–water partition coefficient (Wildman–Crippen LogP) is 2.93. The molecule has 0 amide bonds. The summed E-state index contributed by atoms with van der Waals surface area (Å²) in [6.07, 6.45) is 7.01. The van der Waals surface area contributed by atoms with Gasteiger partial charge in [-0.25, -0.2) is 13.1 Å². The number of aryl methyl sites for hydroxylation is 1.